The SMILES string of the molecule is Cc1ccc(C)c(CN2C(=O)c3ccccc3[S@](=O)c3ccc(C(=O)NC[C@@H]4CCCO4)cc32)c1. The highest BCUT2D eigenvalue weighted by atomic mass is 32.2. The van der Waals surface area contributed by atoms with Crippen LogP contribution in [-0.2, 0) is 22.1 Å². The van der Waals surface area contributed by atoms with E-state index in [-0.39, 0.29) is 17.9 Å². The minimum Gasteiger partial charge on any atom is -0.376 e. The molecule has 6 nitrogen and oxygen atoms in total. The molecule has 0 aromatic heterocycles. The number of nitrogens with zero attached hydrogens (tertiary/aromatic N) is 1. The van der Waals surface area contributed by atoms with Crippen LogP contribution in [0.3, 0.4) is 0 Å². The summed E-state index contributed by atoms with van der Waals surface area (Å²) in [5.74, 6) is -0.472. The van der Waals surface area contributed by atoms with Crippen LogP contribution in [0.15, 0.2) is 70.5 Å². The van der Waals surface area contributed by atoms with E-state index in [4.69, 9.17) is 4.74 Å². The number of hydrogen-bond acceptors (Lipinski definition) is 4. The van der Waals surface area contributed by atoms with E-state index < -0.39 is 10.8 Å². The number of anilines is 1. The average molecular weight is 489 g/mol. The summed E-state index contributed by atoms with van der Waals surface area (Å²) in [4.78, 5) is 29.4. The van der Waals surface area contributed by atoms with Gasteiger partial charge in [0.05, 0.1) is 44.5 Å². The third kappa shape index (κ3) is 4.66. The highest BCUT2D eigenvalue weighted by molar-refractivity contribution is 7.85. The van der Waals surface area contributed by atoms with Crippen molar-refractivity contribution in [2.45, 2.75) is 49.1 Å². The Morgan fingerprint density at radius 2 is 1.91 bits per heavy atom. The molecule has 2 aliphatic heterocycles. The molecule has 3 aromatic carbocycles. The average Bonchev–Trinajstić information content (AvgIpc) is 3.38. The van der Waals surface area contributed by atoms with Crippen LogP contribution in [0.2, 0.25) is 0 Å². The van der Waals surface area contributed by atoms with Crippen molar-refractivity contribution in [3.8, 4) is 0 Å². The monoisotopic (exact) mass is 488 g/mol. The van der Waals surface area contributed by atoms with Crippen LogP contribution in [-0.4, -0.2) is 35.3 Å². The predicted octanol–water partition coefficient (Wildman–Crippen LogP) is 4.54. The van der Waals surface area contributed by atoms with E-state index in [0.29, 0.717) is 39.7 Å². The quantitative estimate of drug-likeness (QED) is 0.572. The molecule has 0 radical (unpaired) electrons. The summed E-state index contributed by atoms with van der Waals surface area (Å²) in [7, 11) is -1.56. The second-order valence-electron chi connectivity index (χ2n) is 9.11. The highest BCUT2D eigenvalue weighted by Crippen LogP contribution is 2.36. The van der Waals surface area contributed by atoms with Crippen LogP contribution in [0.5, 0.6) is 0 Å². The van der Waals surface area contributed by atoms with Crippen LogP contribution >= 0.6 is 0 Å². The molecule has 0 unspecified atom stereocenters. The van der Waals surface area contributed by atoms with Crippen molar-refractivity contribution in [2.75, 3.05) is 18.1 Å². The van der Waals surface area contributed by atoms with Crippen molar-refractivity contribution >= 4 is 28.3 Å². The third-order valence-electron chi connectivity index (χ3n) is 6.62. The lowest BCUT2D eigenvalue weighted by Crippen LogP contribution is -2.33. The fourth-order valence-corrected chi connectivity index (χ4v) is 5.96. The Kier molecular flexibility index (Phi) is 6.54. The van der Waals surface area contributed by atoms with Crippen molar-refractivity contribution in [3.05, 3.63) is 88.5 Å². The van der Waals surface area contributed by atoms with Crippen LogP contribution in [0.25, 0.3) is 0 Å². The molecule has 0 bridgehead atoms. The topological polar surface area (TPSA) is 75.7 Å². The molecule has 35 heavy (non-hydrogen) atoms. The maximum atomic E-state index is 13.8. The number of hydrogen-bond donors (Lipinski definition) is 1. The Labute approximate surface area is 207 Å². The van der Waals surface area contributed by atoms with Gasteiger partial charge in [-0.3, -0.25) is 9.59 Å². The Morgan fingerprint density at radius 1 is 1.09 bits per heavy atom. The fourth-order valence-electron chi connectivity index (χ4n) is 4.62. The van der Waals surface area contributed by atoms with Crippen LogP contribution in [0, 0.1) is 13.8 Å². The molecule has 5 rings (SSSR count). The van der Waals surface area contributed by atoms with E-state index in [1.807, 2.05) is 26.0 Å². The van der Waals surface area contributed by atoms with Gasteiger partial charge in [-0.15, -0.1) is 0 Å². The van der Waals surface area contributed by atoms with E-state index in [0.717, 1.165) is 36.1 Å². The van der Waals surface area contributed by atoms with Crippen molar-refractivity contribution in [1.29, 1.82) is 0 Å². The molecule has 0 saturated carbocycles. The van der Waals surface area contributed by atoms with Gasteiger partial charge in [0.25, 0.3) is 11.8 Å². The summed E-state index contributed by atoms with van der Waals surface area (Å²) < 4.78 is 19.2. The zero-order valence-corrected chi connectivity index (χ0v) is 20.7. The summed E-state index contributed by atoms with van der Waals surface area (Å²) in [5.41, 5.74) is 4.49. The van der Waals surface area contributed by atoms with E-state index >= 15 is 0 Å². The van der Waals surface area contributed by atoms with E-state index in [2.05, 4.69) is 11.4 Å². The number of nitrogens with one attached hydrogen (secondary N) is 1. The fraction of sp³-hybridized carbons (Fsp3) is 0.286. The molecule has 1 fully saturated rings. The van der Waals surface area contributed by atoms with Crippen LogP contribution in [0.4, 0.5) is 5.69 Å². The molecule has 2 heterocycles. The number of carbonyl (C=O) groups is 2. The van der Waals surface area contributed by atoms with Crippen LogP contribution in [0.1, 0.15) is 50.2 Å². The molecular formula is C28H28N2O4S. The number of benzene rings is 3. The molecule has 3 aromatic rings. The molecule has 2 amide bonds. The Balaban J connectivity index is 1.56. The molecule has 0 aliphatic carbocycles. The van der Waals surface area contributed by atoms with E-state index in [1.165, 1.54) is 0 Å². The van der Waals surface area contributed by atoms with Gasteiger partial charge in [0, 0.05) is 18.7 Å². The first-order valence-corrected chi connectivity index (χ1v) is 13.0. The molecule has 180 valence electrons. The summed E-state index contributed by atoms with van der Waals surface area (Å²) in [6.45, 7) is 5.51. The summed E-state index contributed by atoms with van der Waals surface area (Å²) >= 11 is 0. The summed E-state index contributed by atoms with van der Waals surface area (Å²) in [6, 6.07) is 18.2. The van der Waals surface area contributed by atoms with Crippen molar-refractivity contribution in [2.24, 2.45) is 0 Å². The predicted molar refractivity (Wildman–Crippen MR) is 135 cm³/mol. The largest absolute Gasteiger partial charge is 0.376 e. The van der Waals surface area contributed by atoms with Gasteiger partial charge >= 0.3 is 0 Å². The van der Waals surface area contributed by atoms with Crippen molar-refractivity contribution < 1.29 is 18.5 Å². The Morgan fingerprint density at radius 3 is 2.71 bits per heavy atom. The first kappa shape index (κ1) is 23.5. The van der Waals surface area contributed by atoms with Crippen molar-refractivity contribution in [3.63, 3.8) is 0 Å². The van der Waals surface area contributed by atoms with Crippen molar-refractivity contribution in [1.82, 2.24) is 5.32 Å². The summed E-state index contributed by atoms with van der Waals surface area (Å²) in [5, 5.41) is 2.94. The molecule has 1 saturated heterocycles. The molecule has 0 spiro atoms. The lowest BCUT2D eigenvalue weighted by Gasteiger charge is -2.24. The first-order valence-electron chi connectivity index (χ1n) is 11.8. The smallest absolute Gasteiger partial charge is 0.259 e. The van der Waals surface area contributed by atoms with Gasteiger partial charge in [0.1, 0.15) is 0 Å². The van der Waals surface area contributed by atoms with Gasteiger partial charge in [-0.2, -0.15) is 0 Å². The molecular weight excluding hydrogens is 460 g/mol. The zero-order valence-electron chi connectivity index (χ0n) is 19.9. The lowest BCUT2D eigenvalue weighted by atomic mass is 10.0. The second-order valence-corrected chi connectivity index (χ2v) is 10.5. The Hall–Kier alpha value is -3.29. The van der Waals surface area contributed by atoms with E-state index in [9.17, 15) is 13.8 Å². The molecule has 2 aliphatic rings. The number of aryl methyl sites for hydroxylation is 2. The number of amides is 2. The number of carbonyl (C=O) groups excluding carboxylic acids is 2. The molecule has 7 heteroatoms. The van der Waals surface area contributed by atoms with E-state index in [1.54, 1.807) is 47.4 Å². The normalized spacial score (nSPS) is 19.1. The van der Waals surface area contributed by atoms with Gasteiger partial charge in [0.15, 0.2) is 0 Å². The number of ether oxygens (including phenoxy) is 1. The minimum absolute atomic E-state index is 0.0316. The molecule has 2 atom stereocenters. The number of rotatable bonds is 5. The second kappa shape index (κ2) is 9.76. The van der Waals surface area contributed by atoms with Crippen LogP contribution < -0.4 is 10.2 Å². The van der Waals surface area contributed by atoms with Gasteiger partial charge < -0.3 is 15.0 Å². The third-order valence-corrected chi connectivity index (χ3v) is 8.12. The maximum Gasteiger partial charge on any atom is 0.259 e. The van der Waals surface area contributed by atoms with Gasteiger partial charge in [-0.05, 0) is 68.1 Å². The maximum absolute atomic E-state index is 13.8. The minimum atomic E-state index is -1.56. The number of fused-ring (bicyclic) bond motifs is 2. The van der Waals surface area contributed by atoms with Gasteiger partial charge in [0.2, 0.25) is 0 Å². The van der Waals surface area contributed by atoms with Gasteiger partial charge in [-0.25, -0.2) is 4.21 Å². The van der Waals surface area contributed by atoms with Gasteiger partial charge in [-0.1, -0.05) is 35.9 Å². The lowest BCUT2D eigenvalue weighted by molar-refractivity contribution is 0.0857. The molecule has 1 N–H and O–H groups in total. The Bertz CT molecular complexity index is 1330. The first-order chi connectivity index (χ1) is 16.9. The highest BCUT2D eigenvalue weighted by Gasteiger charge is 2.32. The zero-order chi connectivity index (χ0) is 24.5. The summed E-state index contributed by atoms with van der Waals surface area (Å²) in [6.07, 6.45) is 1.96. The standard InChI is InChI=1S/C28H28N2O4S/c1-18-9-10-19(2)21(14-18)17-30-24-15-20(27(31)29-16-22-6-5-13-34-22)11-12-26(24)35(33)25-8-4-3-7-23(25)28(30)32/h3-4,7-12,14-15,22H,5-6,13,16-17H2,1-2H3,(H,29,31)/t22-,35-/m0/s1.